The van der Waals surface area contributed by atoms with Crippen molar-refractivity contribution in [3.8, 4) is 0 Å². The van der Waals surface area contributed by atoms with Gasteiger partial charge in [-0.25, -0.2) is 8.78 Å². The molecule has 0 saturated carbocycles. The van der Waals surface area contributed by atoms with Crippen LogP contribution in [0.4, 0.5) is 8.78 Å². The fourth-order valence-corrected chi connectivity index (χ4v) is 2.46. The van der Waals surface area contributed by atoms with Gasteiger partial charge in [0.2, 0.25) is 0 Å². The predicted molar refractivity (Wildman–Crippen MR) is 40.4 cm³/mol. The molecule has 0 amide bonds. The molecular formula is C8H13F2NO. The molecule has 0 aromatic rings. The van der Waals surface area contributed by atoms with Gasteiger partial charge in [-0.1, -0.05) is 0 Å². The maximum atomic E-state index is 12.9. The van der Waals surface area contributed by atoms with Gasteiger partial charge in [0, 0.05) is 31.5 Å². The summed E-state index contributed by atoms with van der Waals surface area (Å²) in [6.07, 6.45) is -1.18. The van der Waals surface area contributed by atoms with Gasteiger partial charge < -0.3 is 5.11 Å². The van der Waals surface area contributed by atoms with Crippen LogP contribution in [0.15, 0.2) is 0 Å². The van der Waals surface area contributed by atoms with Gasteiger partial charge in [-0.2, -0.15) is 0 Å². The van der Waals surface area contributed by atoms with Crippen molar-refractivity contribution >= 4 is 0 Å². The van der Waals surface area contributed by atoms with E-state index in [9.17, 15) is 8.78 Å². The average molecular weight is 177 g/mol. The Morgan fingerprint density at radius 3 is 2.08 bits per heavy atom. The zero-order chi connectivity index (χ0) is 8.77. The molecule has 2 aliphatic heterocycles. The van der Waals surface area contributed by atoms with Crippen LogP contribution in [0.1, 0.15) is 12.8 Å². The highest BCUT2D eigenvalue weighted by Gasteiger charge is 2.51. The van der Waals surface area contributed by atoms with E-state index in [1.807, 2.05) is 0 Å². The molecule has 2 heterocycles. The van der Waals surface area contributed by atoms with Crippen molar-refractivity contribution < 1.29 is 13.9 Å². The quantitative estimate of drug-likeness (QED) is 0.630. The Hall–Kier alpha value is -0.220. The molecule has 12 heavy (non-hydrogen) atoms. The number of fused-ring (bicyclic) bond motifs is 1. The molecule has 2 nitrogen and oxygen atoms in total. The van der Waals surface area contributed by atoms with Crippen LogP contribution in [0.3, 0.4) is 0 Å². The summed E-state index contributed by atoms with van der Waals surface area (Å²) in [6.45, 7) is 0.468. The largest absolute Gasteiger partial charge is 0.394 e. The van der Waals surface area contributed by atoms with Gasteiger partial charge in [0.25, 0.3) is 0 Å². The van der Waals surface area contributed by atoms with E-state index in [0.717, 1.165) is 0 Å². The Kier molecular flexibility index (Phi) is 1.84. The monoisotopic (exact) mass is 177 g/mol. The minimum Gasteiger partial charge on any atom is -0.394 e. The molecule has 2 aliphatic rings. The Bertz CT molecular complexity index is 174. The van der Waals surface area contributed by atoms with Crippen molar-refractivity contribution in [1.29, 1.82) is 0 Å². The zero-order valence-electron chi connectivity index (χ0n) is 6.84. The fourth-order valence-electron chi connectivity index (χ4n) is 2.46. The summed E-state index contributed by atoms with van der Waals surface area (Å²) in [6, 6.07) is 0. The maximum Gasteiger partial charge on any atom is 0.115 e. The van der Waals surface area contributed by atoms with E-state index < -0.39 is 17.9 Å². The van der Waals surface area contributed by atoms with E-state index in [1.165, 1.54) is 0 Å². The van der Waals surface area contributed by atoms with Crippen LogP contribution < -0.4 is 0 Å². The van der Waals surface area contributed by atoms with Gasteiger partial charge in [0.05, 0.1) is 6.61 Å². The van der Waals surface area contributed by atoms with E-state index in [4.69, 9.17) is 5.11 Å². The molecule has 0 aliphatic carbocycles. The number of aliphatic hydroxyl groups excluding tert-OH is 1. The first kappa shape index (κ1) is 8.38. The van der Waals surface area contributed by atoms with Crippen LogP contribution in [-0.4, -0.2) is 47.6 Å². The highest BCUT2D eigenvalue weighted by Crippen LogP contribution is 2.40. The zero-order valence-corrected chi connectivity index (χ0v) is 6.84. The van der Waals surface area contributed by atoms with Crippen molar-refractivity contribution in [2.75, 3.05) is 19.7 Å². The summed E-state index contributed by atoms with van der Waals surface area (Å²) in [4.78, 5) is 1.75. The smallest absolute Gasteiger partial charge is 0.115 e. The first-order chi connectivity index (χ1) is 5.66. The number of alkyl halides is 2. The van der Waals surface area contributed by atoms with Crippen LogP contribution in [0.2, 0.25) is 0 Å². The van der Waals surface area contributed by atoms with Gasteiger partial charge in [-0.15, -0.1) is 0 Å². The topological polar surface area (TPSA) is 23.5 Å². The molecule has 4 heteroatoms. The lowest BCUT2D eigenvalue weighted by Crippen LogP contribution is -2.41. The molecule has 0 aromatic carbocycles. The Balaban J connectivity index is 2.16. The number of hydrogen-bond donors (Lipinski definition) is 1. The molecule has 0 bridgehead atoms. The lowest BCUT2D eigenvalue weighted by molar-refractivity contribution is 0.0993. The Labute approximate surface area is 70.2 Å². The summed E-state index contributed by atoms with van der Waals surface area (Å²) in [5, 5.41) is 9.09. The van der Waals surface area contributed by atoms with Crippen molar-refractivity contribution in [2.45, 2.75) is 30.7 Å². The van der Waals surface area contributed by atoms with E-state index in [2.05, 4.69) is 0 Å². The maximum absolute atomic E-state index is 12.9. The Morgan fingerprint density at radius 1 is 1.25 bits per heavy atom. The van der Waals surface area contributed by atoms with Crippen LogP contribution in [-0.2, 0) is 0 Å². The summed E-state index contributed by atoms with van der Waals surface area (Å²) >= 11 is 0. The summed E-state index contributed by atoms with van der Waals surface area (Å²) in [5.74, 6) is 0. The van der Waals surface area contributed by atoms with Crippen LogP contribution in [0.5, 0.6) is 0 Å². The number of hydrogen-bond acceptors (Lipinski definition) is 2. The molecule has 1 N–H and O–H groups in total. The van der Waals surface area contributed by atoms with Crippen molar-refractivity contribution in [2.24, 2.45) is 0 Å². The minimum atomic E-state index is -0.885. The normalized spacial score (nSPS) is 48.2. The number of nitrogens with zero attached hydrogens (tertiary/aromatic N) is 1. The summed E-state index contributed by atoms with van der Waals surface area (Å²) < 4.78 is 25.9. The molecule has 0 spiro atoms. The van der Waals surface area contributed by atoms with Gasteiger partial charge in [0.15, 0.2) is 0 Å². The summed E-state index contributed by atoms with van der Waals surface area (Å²) in [7, 11) is 0. The van der Waals surface area contributed by atoms with E-state index in [1.54, 1.807) is 4.90 Å². The SMILES string of the molecule is OCC12CC(F)CN1C[C@@H](F)C2. The molecule has 3 atom stereocenters. The molecule has 2 fully saturated rings. The highest BCUT2D eigenvalue weighted by atomic mass is 19.1. The van der Waals surface area contributed by atoms with Gasteiger partial charge in [-0.05, 0) is 0 Å². The van der Waals surface area contributed by atoms with E-state index >= 15 is 0 Å². The standard InChI is InChI=1S/C8H13F2NO/c9-6-1-8(5-12)2-7(10)4-11(8)3-6/h6-7,12H,1-5H2/t6-,7?,8?/m0/s1. The molecule has 0 aromatic heterocycles. The third kappa shape index (κ3) is 1.05. The van der Waals surface area contributed by atoms with Crippen LogP contribution >= 0.6 is 0 Å². The second-order valence-electron chi connectivity index (χ2n) is 3.89. The third-order valence-corrected chi connectivity index (χ3v) is 3.01. The van der Waals surface area contributed by atoms with Gasteiger partial charge >= 0.3 is 0 Å². The Morgan fingerprint density at radius 2 is 1.75 bits per heavy atom. The van der Waals surface area contributed by atoms with E-state index in [0.29, 0.717) is 25.9 Å². The lowest BCUT2D eigenvalue weighted by Gasteiger charge is -2.28. The first-order valence-electron chi connectivity index (χ1n) is 4.30. The summed E-state index contributed by atoms with van der Waals surface area (Å²) in [5.41, 5.74) is -0.571. The molecule has 0 radical (unpaired) electrons. The molecule has 2 rings (SSSR count). The molecule has 2 saturated heterocycles. The minimum absolute atomic E-state index is 0.117. The number of aliphatic hydroxyl groups is 1. The van der Waals surface area contributed by atoms with Crippen molar-refractivity contribution in [3.05, 3.63) is 0 Å². The van der Waals surface area contributed by atoms with E-state index in [-0.39, 0.29) is 6.61 Å². The molecule has 70 valence electrons. The lowest BCUT2D eigenvalue weighted by atomic mass is 9.94. The molecule has 2 unspecified atom stereocenters. The fraction of sp³-hybridized carbons (Fsp3) is 1.00. The third-order valence-electron chi connectivity index (χ3n) is 3.01. The van der Waals surface area contributed by atoms with Crippen molar-refractivity contribution in [1.82, 2.24) is 4.90 Å². The first-order valence-corrected chi connectivity index (χ1v) is 4.30. The van der Waals surface area contributed by atoms with Gasteiger partial charge in [0.1, 0.15) is 12.3 Å². The second kappa shape index (κ2) is 2.64. The predicted octanol–water partition coefficient (Wildman–Crippen LogP) is 0.503. The average Bonchev–Trinajstić information content (AvgIpc) is 2.40. The van der Waals surface area contributed by atoms with Crippen molar-refractivity contribution in [3.63, 3.8) is 0 Å². The highest BCUT2D eigenvalue weighted by molar-refractivity contribution is 5.06. The van der Waals surface area contributed by atoms with Crippen LogP contribution in [0.25, 0.3) is 0 Å². The second-order valence-corrected chi connectivity index (χ2v) is 3.89. The number of rotatable bonds is 1. The molecular weight excluding hydrogens is 164 g/mol. The van der Waals surface area contributed by atoms with Gasteiger partial charge in [-0.3, -0.25) is 4.90 Å². The number of halogens is 2. The van der Waals surface area contributed by atoms with Crippen LogP contribution in [0, 0.1) is 0 Å².